The van der Waals surface area contributed by atoms with Gasteiger partial charge in [0.05, 0.1) is 6.61 Å². The summed E-state index contributed by atoms with van der Waals surface area (Å²) in [6, 6.07) is 0. The number of aliphatic hydroxyl groups is 1. The highest BCUT2D eigenvalue weighted by Gasteiger charge is 2.19. The zero-order chi connectivity index (χ0) is 10.0. The van der Waals surface area contributed by atoms with Crippen LogP contribution in [0.3, 0.4) is 0 Å². The van der Waals surface area contributed by atoms with E-state index in [-0.39, 0.29) is 15.7 Å². The highest BCUT2D eigenvalue weighted by Crippen LogP contribution is 2.31. The SMILES string of the molecule is OCc1c(Br)ncc(I)c1C(F)F. The van der Waals surface area contributed by atoms with Crippen LogP contribution < -0.4 is 0 Å². The maximum atomic E-state index is 12.5. The molecule has 0 radical (unpaired) electrons. The molecule has 6 heteroatoms. The van der Waals surface area contributed by atoms with Crippen LogP contribution in [0.4, 0.5) is 8.78 Å². The molecule has 0 unspecified atom stereocenters. The summed E-state index contributed by atoms with van der Waals surface area (Å²) in [6.07, 6.45) is -1.25. The van der Waals surface area contributed by atoms with Gasteiger partial charge in [-0.1, -0.05) is 0 Å². The lowest BCUT2D eigenvalue weighted by atomic mass is 10.1. The Labute approximate surface area is 95.6 Å². The molecule has 0 spiro atoms. The molecule has 1 heterocycles. The first-order chi connectivity index (χ1) is 6.07. The molecule has 0 saturated heterocycles. The first kappa shape index (κ1) is 11.3. The molecule has 0 bridgehead atoms. The van der Waals surface area contributed by atoms with Gasteiger partial charge < -0.3 is 5.11 Å². The molecule has 1 rings (SSSR count). The van der Waals surface area contributed by atoms with Crippen molar-refractivity contribution < 1.29 is 13.9 Å². The number of halogens is 4. The van der Waals surface area contributed by atoms with Crippen molar-refractivity contribution >= 4 is 38.5 Å². The van der Waals surface area contributed by atoms with Crippen LogP contribution in [0.1, 0.15) is 17.6 Å². The fraction of sp³-hybridized carbons (Fsp3) is 0.286. The Morgan fingerprint density at radius 1 is 1.62 bits per heavy atom. The van der Waals surface area contributed by atoms with Crippen molar-refractivity contribution in [2.24, 2.45) is 0 Å². The van der Waals surface area contributed by atoms with Gasteiger partial charge in [-0.05, 0) is 38.5 Å². The Morgan fingerprint density at radius 3 is 2.62 bits per heavy atom. The van der Waals surface area contributed by atoms with Gasteiger partial charge in [0.1, 0.15) is 4.60 Å². The molecule has 0 fully saturated rings. The summed E-state index contributed by atoms with van der Waals surface area (Å²) < 4.78 is 25.6. The van der Waals surface area contributed by atoms with Crippen LogP contribution in [0.2, 0.25) is 0 Å². The molecule has 0 atom stereocenters. The minimum Gasteiger partial charge on any atom is -0.392 e. The molecule has 0 aliphatic carbocycles. The lowest BCUT2D eigenvalue weighted by molar-refractivity contribution is 0.145. The molecule has 1 aromatic rings. The third-order valence-corrected chi connectivity index (χ3v) is 3.04. The Kier molecular flexibility index (Phi) is 3.99. The molecule has 0 aliphatic heterocycles. The first-order valence-corrected chi connectivity index (χ1v) is 5.17. The maximum Gasteiger partial charge on any atom is 0.265 e. The van der Waals surface area contributed by atoms with Gasteiger partial charge in [0.25, 0.3) is 6.43 Å². The van der Waals surface area contributed by atoms with Gasteiger partial charge in [0.2, 0.25) is 0 Å². The second-order valence-electron chi connectivity index (χ2n) is 2.25. The highest BCUT2D eigenvalue weighted by molar-refractivity contribution is 14.1. The summed E-state index contributed by atoms with van der Waals surface area (Å²) in [4.78, 5) is 3.81. The largest absolute Gasteiger partial charge is 0.392 e. The fourth-order valence-electron chi connectivity index (χ4n) is 0.902. The van der Waals surface area contributed by atoms with Crippen molar-refractivity contribution in [3.05, 3.63) is 25.5 Å². The molecule has 0 aromatic carbocycles. The minimum atomic E-state index is -2.59. The standard InChI is InChI=1S/C7H5BrF2INO/c8-6-3(2-13)5(7(9)10)4(11)1-12-6/h1,7,13H,2H2. The zero-order valence-corrected chi connectivity index (χ0v) is 10.0. The van der Waals surface area contributed by atoms with Crippen molar-refractivity contribution in [1.82, 2.24) is 4.98 Å². The zero-order valence-electron chi connectivity index (χ0n) is 6.27. The van der Waals surface area contributed by atoms with Gasteiger partial charge in [-0.15, -0.1) is 0 Å². The number of nitrogens with zero attached hydrogens (tertiary/aromatic N) is 1. The first-order valence-electron chi connectivity index (χ1n) is 3.29. The van der Waals surface area contributed by atoms with E-state index in [9.17, 15) is 8.78 Å². The molecule has 0 aliphatic rings. The molecule has 0 saturated carbocycles. The number of aliphatic hydroxyl groups excluding tert-OH is 1. The predicted octanol–water partition coefficient (Wildman–Crippen LogP) is 2.88. The second kappa shape index (κ2) is 4.61. The van der Waals surface area contributed by atoms with Crippen molar-refractivity contribution in [2.45, 2.75) is 13.0 Å². The average Bonchev–Trinajstić information content (AvgIpc) is 2.07. The fourth-order valence-corrected chi connectivity index (χ4v) is 2.04. The van der Waals surface area contributed by atoms with Crippen LogP contribution >= 0.6 is 38.5 Å². The smallest absolute Gasteiger partial charge is 0.265 e. The topological polar surface area (TPSA) is 33.1 Å². The van der Waals surface area contributed by atoms with Gasteiger partial charge in [-0.3, -0.25) is 0 Å². The third kappa shape index (κ3) is 2.35. The second-order valence-corrected chi connectivity index (χ2v) is 4.16. The lowest BCUT2D eigenvalue weighted by Gasteiger charge is -2.09. The highest BCUT2D eigenvalue weighted by atomic mass is 127. The van der Waals surface area contributed by atoms with E-state index < -0.39 is 13.0 Å². The van der Waals surface area contributed by atoms with Gasteiger partial charge in [0, 0.05) is 20.9 Å². The van der Waals surface area contributed by atoms with Crippen LogP contribution in [0, 0.1) is 3.57 Å². The summed E-state index contributed by atoms with van der Waals surface area (Å²) >= 11 is 4.77. The van der Waals surface area contributed by atoms with E-state index in [1.54, 1.807) is 22.6 Å². The van der Waals surface area contributed by atoms with Gasteiger partial charge in [-0.2, -0.15) is 0 Å². The number of aromatic nitrogens is 1. The van der Waals surface area contributed by atoms with Crippen molar-refractivity contribution in [3.63, 3.8) is 0 Å². The number of alkyl halides is 2. The number of pyridine rings is 1. The number of rotatable bonds is 2. The van der Waals surface area contributed by atoms with Crippen LogP contribution in [-0.4, -0.2) is 10.1 Å². The van der Waals surface area contributed by atoms with Crippen molar-refractivity contribution in [3.8, 4) is 0 Å². The van der Waals surface area contributed by atoms with Crippen LogP contribution in [0.25, 0.3) is 0 Å². The normalized spacial score (nSPS) is 10.9. The molecule has 2 nitrogen and oxygen atoms in total. The van der Waals surface area contributed by atoms with E-state index in [4.69, 9.17) is 5.11 Å². The molecule has 13 heavy (non-hydrogen) atoms. The van der Waals surface area contributed by atoms with Gasteiger partial charge in [-0.25, -0.2) is 13.8 Å². The Hall–Kier alpha value is 0.180. The van der Waals surface area contributed by atoms with Crippen LogP contribution in [0.15, 0.2) is 10.8 Å². The van der Waals surface area contributed by atoms with Crippen LogP contribution in [-0.2, 0) is 6.61 Å². The van der Waals surface area contributed by atoms with E-state index in [2.05, 4.69) is 20.9 Å². The van der Waals surface area contributed by atoms with Gasteiger partial charge >= 0.3 is 0 Å². The Balaban J connectivity index is 3.35. The van der Waals surface area contributed by atoms with Crippen LogP contribution in [0.5, 0.6) is 0 Å². The predicted molar refractivity (Wildman–Crippen MR) is 55.5 cm³/mol. The summed E-state index contributed by atoms with van der Waals surface area (Å²) in [5, 5.41) is 8.87. The summed E-state index contributed by atoms with van der Waals surface area (Å²) in [5.41, 5.74) is 0.00637. The van der Waals surface area contributed by atoms with Gasteiger partial charge in [0.15, 0.2) is 0 Å². The van der Waals surface area contributed by atoms with E-state index in [1.165, 1.54) is 6.20 Å². The molecule has 0 amide bonds. The Morgan fingerprint density at radius 2 is 2.23 bits per heavy atom. The summed E-state index contributed by atoms with van der Waals surface area (Å²) in [5.74, 6) is 0. The molecular formula is C7H5BrF2INO. The van der Waals surface area contributed by atoms with E-state index >= 15 is 0 Å². The number of hydrogen-bond acceptors (Lipinski definition) is 2. The van der Waals surface area contributed by atoms with E-state index in [0.717, 1.165) is 0 Å². The molecule has 72 valence electrons. The lowest BCUT2D eigenvalue weighted by Crippen LogP contribution is -2.01. The van der Waals surface area contributed by atoms with Crippen molar-refractivity contribution in [1.29, 1.82) is 0 Å². The molecular weight excluding hydrogens is 359 g/mol. The molecule has 1 aromatic heterocycles. The van der Waals surface area contributed by atoms with E-state index in [1.807, 2.05) is 0 Å². The average molecular weight is 364 g/mol. The summed E-state index contributed by atoms with van der Waals surface area (Å²) in [7, 11) is 0. The Bertz CT molecular complexity index is 322. The maximum absolute atomic E-state index is 12.5. The summed E-state index contributed by atoms with van der Waals surface area (Å²) in [6.45, 7) is -0.440. The molecule has 1 N–H and O–H groups in total. The third-order valence-electron chi connectivity index (χ3n) is 1.50. The quantitative estimate of drug-likeness (QED) is 0.647. The number of hydrogen-bond donors (Lipinski definition) is 1. The monoisotopic (exact) mass is 363 g/mol. The van der Waals surface area contributed by atoms with E-state index in [0.29, 0.717) is 3.57 Å². The minimum absolute atomic E-state index is 0.148. The van der Waals surface area contributed by atoms with Crippen molar-refractivity contribution in [2.75, 3.05) is 0 Å².